The van der Waals surface area contributed by atoms with E-state index < -0.39 is 11.9 Å². The molecular formula is C22H26F3N3. The second-order valence-corrected chi connectivity index (χ2v) is 8.38. The maximum atomic E-state index is 12.7. The van der Waals surface area contributed by atoms with Crippen molar-refractivity contribution in [3.63, 3.8) is 0 Å². The van der Waals surface area contributed by atoms with Gasteiger partial charge in [-0.15, -0.1) is 0 Å². The summed E-state index contributed by atoms with van der Waals surface area (Å²) in [5.41, 5.74) is 2.46. The van der Waals surface area contributed by atoms with Gasteiger partial charge in [0.15, 0.2) is 0 Å². The van der Waals surface area contributed by atoms with Crippen LogP contribution >= 0.6 is 0 Å². The number of aromatic nitrogens is 1. The van der Waals surface area contributed by atoms with E-state index >= 15 is 0 Å². The number of hydrogen-bond acceptors (Lipinski definition) is 3. The first-order valence-corrected chi connectivity index (χ1v) is 9.87. The van der Waals surface area contributed by atoms with E-state index in [2.05, 4.69) is 34.0 Å². The Labute approximate surface area is 164 Å². The average molecular weight is 389 g/mol. The highest BCUT2D eigenvalue weighted by Crippen LogP contribution is 2.49. The van der Waals surface area contributed by atoms with Crippen molar-refractivity contribution in [1.29, 1.82) is 0 Å². The van der Waals surface area contributed by atoms with Crippen LogP contribution in [0, 0.1) is 5.41 Å². The van der Waals surface area contributed by atoms with Crippen molar-refractivity contribution in [2.75, 3.05) is 39.8 Å². The number of nitrogens with zero attached hydrogens (tertiary/aromatic N) is 3. The summed E-state index contributed by atoms with van der Waals surface area (Å²) in [5, 5.41) is 0. The minimum absolute atomic E-state index is 0.410. The molecule has 0 spiro atoms. The Balaban J connectivity index is 1.38. The summed E-state index contributed by atoms with van der Waals surface area (Å²) in [6.07, 6.45) is 0.539. The van der Waals surface area contributed by atoms with E-state index in [0.29, 0.717) is 11.0 Å². The number of rotatable bonds is 5. The third-order valence-electron chi connectivity index (χ3n) is 6.03. The molecule has 6 heteroatoms. The van der Waals surface area contributed by atoms with Gasteiger partial charge in [0.25, 0.3) is 0 Å². The molecular weight excluding hydrogens is 363 g/mol. The summed E-state index contributed by atoms with van der Waals surface area (Å²) in [6.45, 7) is 5.76. The number of alkyl halides is 3. The van der Waals surface area contributed by atoms with Crippen molar-refractivity contribution in [2.45, 2.75) is 25.4 Å². The molecule has 0 radical (unpaired) electrons. The van der Waals surface area contributed by atoms with Gasteiger partial charge in [-0.3, -0.25) is 4.98 Å². The second kappa shape index (κ2) is 7.48. The van der Waals surface area contributed by atoms with Crippen molar-refractivity contribution in [1.82, 2.24) is 14.8 Å². The number of likely N-dealkylation sites (N-methyl/N-ethyl adjacent to an activating group) is 1. The van der Waals surface area contributed by atoms with Gasteiger partial charge in [0, 0.05) is 44.5 Å². The Morgan fingerprint density at radius 1 is 0.929 bits per heavy atom. The molecule has 2 fully saturated rings. The van der Waals surface area contributed by atoms with Gasteiger partial charge in [-0.2, -0.15) is 13.2 Å². The number of pyridine rings is 1. The molecule has 1 saturated carbocycles. The largest absolute Gasteiger partial charge is 0.433 e. The fraction of sp³-hybridized carbons (Fsp3) is 0.500. The molecule has 0 N–H and O–H groups in total. The lowest BCUT2D eigenvalue weighted by Gasteiger charge is -2.35. The van der Waals surface area contributed by atoms with Crippen LogP contribution in [-0.2, 0) is 12.6 Å². The minimum atomic E-state index is -4.40. The summed E-state index contributed by atoms with van der Waals surface area (Å²) < 4.78 is 38.0. The Morgan fingerprint density at radius 2 is 1.57 bits per heavy atom. The number of benzene rings is 1. The summed E-state index contributed by atoms with van der Waals surface area (Å²) in [6, 6.07) is 10.7. The number of piperazine rings is 1. The Morgan fingerprint density at radius 3 is 2.11 bits per heavy atom. The SMILES string of the molecule is CN1CCN(CC2(Cc3ccc(-c4ccc(C(F)(F)F)nc4)cc3)CC2)CC1. The molecule has 2 aromatic rings. The monoisotopic (exact) mass is 389 g/mol. The topological polar surface area (TPSA) is 19.4 Å². The van der Waals surface area contributed by atoms with E-state index in [4.69, 9.17) is 0 Å². The van der Waals surface area contributed by atoms with Crippen LogP contribution in [0.4, 0.5) is 13.2 Å². The van der Waals surface area contributed by atoms with Crippen LogP contribution in [-0.4, -0.2) is 54.6 Å². The van der Waals surface area contributed by atoms with Crippen LogP contribution in [0.5, 0.6) is 0 Å². The smallest absolute Gasteiger partial charge is 0.304 e. The van der Waals surface area contributed by atoms with E-state index in [1.54, 1.807) is 0 Å². The zero-order chi connectivity index (χ0) is 19.8. The Bertz CT molecular complexity index is 787. The van der Waals surface area contributed by atoms with Crippen LogP contribution in [0.1, 0.15) is 24.1 Å². The maximum Gasteiger partial charge on any atom is 0.433 e. The van der Waals surface area contributed by atoms with Gasteiger partial charge in [-0.05, 0) is 48.9 Å². The fourth-order valence-electron chi connectivity index (χ4n) is 4.03. The van der Waals surface area contributed by atoms with E-state index in [-0.39, 0.29) is 0 Å². The fourth-order valence-corrected chi connectivity index (χ4v) is 4.03. The molecule has 3 nitrogen and oxygen atoms in total. The van der Waals surface area contributed by atoms with Gasteiger partial charge < -0.3 is 9.80 Å². The summed E-state index contributed by atoms with van der Waals surface area (Å²) in [4.78, 5) is 8.53. The van der Waals surface area contributed by atoms with Gasteiger partial charge in [-0.25, -0.2) is 0 Å². The number of hydrogen-bond donors (Lipinski definition) is 0. The first kappa shape index (κ1) is 19.4. The van der Waals surface area contributed by atoms with Gasteiger partial charge in [0.05, 0.1) is 0 Å². The van der Waals surface area contributed by atoms with Gasteiger partial charge in [0.1, 0.15) is 5.69 Å². The summed E-state index contributed by atoms with van der Waals surface area (Å²) in [7, 11) is 2.18. The lowest BCUT2D eigenvalue weighted by Crippen LogP contribution is -2.46. The highest BCUT2D eigenvalue weighted by atomic mass is 19.4. The lowest BCUT2D eigenvalue weighted by atomic mass is 9.94. The molecule has 150 valence electrons. The molecule has 1 aromatic carbocycles. The second-order valence-electron chi connectivity index (χ2n) is 8.38. The minimum Gasteiger partial charge on any atom is -0.304 e. The van der Waals surface area contributed by atoms with Crippen LogP contribution in [0.25, 0.3) is 11.1 Å². The summed E-state index contributed by atoms with van der Waals surface area (Å²) in [5.74, 6) is 0. The third-order valence-corrected chi connectivity index (χ3v) is 6.03. The Kier molecular flexibility index (Phi) is 5.19. The van der Waals surface area contributed by atoms with Crippen LogP contribution in [0.3, 0.4) is 0 Å². The lowest BCUT2D eigenvalue weighted by molar-refractivity contribution is -0.141. The molecule has 1 aliphatic carbocycles. The maximum absolute atomic E-state index is 12.7. The van der Waals surface area contributed by atoms with Gasteiger partial charge >= 0.3 is 6.18 Å². The van der Waals surface area contributed by atoms with Crippen molar-refractivity contribution in [3.8, 4) is 11.1 Å². The predicted octanol–water partition coefficient (Wildman–Crippen LogP) is 4.34. The van der Waals surface area contributed by atoms with E-state index in [1.165, 1.54) is 37.2 Å². The quantitative estimate of drug-likeness (QED) is 0.759. The van der Waals surface area contributed by atoms with Gasteiger partial charge in [-0.1, -0.05) is 30.3 Å². The highest BCUT2D eigenvalue weighted by molar-refractivity contribution is 5.62. The molecule has 1 saturated heterocycles. The summed E-state index contributed by atoms with van der Waals surface area (Å²) >= 11 is 0. The van der Waals surface area contributed by atoms with Crippen molar-refractivity contribution >= 4 is 0 Å². The standard InChI is InChI=1S/C22H26F3N3/c1-27-10-12-28(13-11-27)16-21(8-9-21)14-17-2-4-18(5-3-17)19-6-7-20(26-15-19)22(23,24)25/h2-7,15H,8-14,16H2,1H3. The molecule has 28 heavy (non-hydrogen) atoms. The molecule has 0 unspecified atom stereocenters. The first-order chi connectivity index (χ1) is 13.3. The predicted molar refractivity (Wildman–Crippen MR) is 104 cm³/mol. The van der Waals surface area contributed by atoms with Crippen molar-refractivity contribution in [2.24, 2.45) is 5.41 Å². The molecule has 2 aliphatic rings. The van der Waals surface area contributed by atoms with E-state index in [9.17, 15) is 13.2 Å². The highest BCUT2D eigenvalue weighted by Gasteiger charge is 2.43. The molecule has 4 rings (SSSR count). The third kappa shape index (κ3) is 4.55. The van der Waals surface area contributed by atoms with Crippen LogP contribution in [0.2, 0.25) is 0 Å². The van der Waals surface area contributed by atoms with Gasteiger partial charge in [0.2, 0.25) is 0 Å². The van der Waals surface area contributed by atoms with Crippen LogP contribution < -0.4 is 0 Å². The average Bonchev–Trinajstić information content (AvgIpc) is 3.43. The molecule has 1 aliphatic heterocycles. The Hall–Kier alpha value is -1.92. The van der Waals surface area contributed by atoms with Crippen molar-refractivity contribution in [3.05, 3.63) is 53.9 Å². The zero-order valence-corrected chi connectivity index (χ0v) is 16.2. The van der Waals surface area contributed by atoms with E-state index in [1.807, 2.05) is 12.1 Å². The van der Waals surface area contributed by atoms with Crippen LogP contribution in [0.15, 0.2) is 42.6 Å². The number of halogens is 3. The van der Waals surface area contributed by atoms with Crippen molar-refractivity contribution < 1.29 is 13.2 Å². The van der Waals surface area contributed by atoms with E-state index in [0.717, 1.165) is 44.2 Å². The molecule has 0 bridgehead atoms. The molecule has 1 aromatic heterocycles. The molecule has 0 amide bonds. The molecule has 2 heterocycles. The normalized spacial score (nSPS) is 20.3. The first-order valence-electron chi connectivity index (χ1n) is 9.87. The zero-order valence-electron chi connectivity index (χ0n) is 16.2. The molecule has 0 atom stereocenters.